The number of hydrogen-bond acceptors (Lipinski definition) is 3. The molecule has 1 aliphatic rings. The Morgan fingerprint density at radius 3 is 2.68 bits per heavy atom. The highest BCUT2D eigenvalue weighted by Crippen LogP contribution is 2.28. The van der Waals surface area contributed by atoms with Gasteiger partial charge in [0.05, 0.1) is 0 Å². The maximum absolute atomic E-state index is 13.6. The number of likely N-dealkylation sites (N-methyl/N-ethyl adjacent to an activating group) is 1. The van der Waals surface area contributed by atoms with Crippen molar-refractivity contribution in [2.45, 2.75) is 23.9 Å². The smallest absolute Gasteiger partial charge is 0.244 e. The van der Waals surface area contributed by atoms with Crippen LogP contribution in [0.1, 0.15) is 22.7 Å². The Bertz CT molecular complexity index is 778. The molecule has 0 unspecified atom stereocenters. The van der Waals surface area contributed by atoms with Gasteiger partial charge in [0.2, 0.25) is 5.91 Å². The number of nitrogens with zero attached hydrogens (tertiary/aromatic N) is 2. The molecule has 0 saturated heterocycles. The minimum absolute atomic E-state index is 0.0233. The van der Waals surface area contributed by atoms with E-state index >= 15 is 0 Å². The van der Waals surface area contributed by atoms with Gasteiger partial charge in [0, 0.05) is 18.0 Å². The molecule has 132 valence electrons. The van der Waals surface area contributed by atoms with Crippen LogP contribution in [0.3, 0.4) is 0 Å². The van der Waals surface area contributed by atoms with E-state index in [0.717, 1.165) is 6.42 Å². The van der Waals surface area contributed by atoms with Gasteiger partial charge in [-0.1, -0.05) is 18.2 Å². The lowest BCUT2D eigenvalue weighted by Crippen LogP contribution is -2.43. The van der Waals surface area contributed by atoms with Crippen LogP contribution < -0.4 is 0 Å². The van der Waals surface area contributed by atoms with Crippen molar-refractivity contribution in [3.63, 3.8) is 0 Å². The molecule has 5 heteroatoms. The van der Waals surface area contributed by atoms with Crippen molar-refractivity contribution < 1.29 is 9.18 Å². The monoisotopic (exact) mass is 358 g/mol. The highest BCUT2D eigenvalue weighted by molar-refractivity contribution is 7.98. The Labute approximate surface area is 152 Å². The van der Waals surface area contributed by atoms with Crippen molar-refractivity contribution in [2.75, 3.05) is 26.9 Å². The fraction of sp³-hybridized carbons (Fsp3) is 0.350. The van der Waals surface area contributed by atoms with Crippen molar-refractivity contribution in [3.8, 4) is 0 Å². The molecule has 2 aromatic carbocycles. The molecular formula is C20H23FN2OS. The first kappa shape index (κ1) is 18.0. The topological polar surface area (TPSA) is 23.6 Å². The largest absolute Gasteiger partial charge is 0.336 e. The molecule has 0 aliphatic carbocycles. The summed E-state index contributed by atoms with van der Waals surface area (Å²) in [6, 6.07) is 12.3. The molecule has 0 N–H and O–H groups in total. The molecule has 0 saturated carbocycles. The minimum atomic E-state index is -0.470. The van der Waals surface area contributed by atoms with Gasteiger partial charge in [-0.25, -0.2) is 4.39 Å². The summed E-state index contributed by atoms with van der Waals surface area (Å²) in [6.07, 6.45) is 2.93. The standard InChI is InChI=1S/C20H23FN2OS/c1-22(2)19(15-5-4-6-17(21)11-15)20(24)23-10-9-14-12-18(25-3)8-7-16(14)13-23/h4-8,11-12,19H,9-10,13H2,1-3H3/t19-/m1/s1. The van der Waals surface area contributed by atoms with Crippen LogP contribution in [0.15, 0.2) is 47.4 Å². The van der Waals surface area contributed by atoms with E-state index < -0.39 is 6.04 Å². The van der Waals surface area contributed by atoms with Gasteiger partial charge in [-0.05, 0) is 67.7 Å². The number of carbonyl (C=O) groups excluding carboxylic acids is 1. The number of rotatable bonds is 4. The highest BCUT2D eigenvalue weighted by atomic mass is 32.2. The molecule has 0 bridgehead atoms. The van der Waals surface area contributed by atoms with Crippen LogP contribution in [-0.2, 0) is 17.8 Å². The predicted molar refractivity (Wildman–Crippen MR) is 100 cm³/mol. The number of amides is 1. The maximum atomic E-state index is 13.6. The predicted octanol–water partition coefficient (Wildman–Crippen LogP) is 3.74. The SMILES string of the molecule is CSc1ccc2c(c1)CCN(C(=O)[C@@H](c1cccc(F)c1)N(C)C)C2. The van der Waals surface area contributed by atoms with E-state index in [1.165, 1.54) is 28.2 Å². The molecule has 1 heterocycles. The zero-order chi connectivity index (χ0) is 18.0. The lowest BCUT2D eigenvalue weighted by atomic mass is 9.97. The Kier molecular flexibility index (Phi) is 5.45. The molecule has 3 nitrogen and oxygen atoms in total. The van der Waals surface area contributed by atoms with E-state index in [0.29, 0.717) is 18.7 Å². The number of benzene rings is 2. The number of fused-ring (bicyclic) bond motifs is 1. The summed E-state index contributed by atoms with van der Waals surface area (Å²) in [5.41, 5.74) is 3.22. The molecule has 1 aliphatic heterocycles. The average molecular weight is 358 g/mol. The van der Waals surface area contributed by atoms with Crippen molar-refractivity contribution in [1.82, 2.24) is 9.80 Å². The quantitative estimate of drug-likeness (QED) is 0.778. The third kappa shape index (κ3) is 3.88. The van der Waals surface area contributed by atoms with E-state index in [2.05, 4.69) is 24.5 Å². The van der Waals surface area contributed by atoms with E-state index in [-0.39, 0.29) is 11.7 Å². The molecular weight excluding hydrogens is 335 g/mol. The second-order valence-corrected chi connectivity index (χ2v) is 7.45. The summed E-state index contributed by atoms with van der Waals surface area (Å²) in [5.74, 6) is -0.291. The summed E-state index contributed by atoms with van der Waals surface area (Å²) in [7, 11) is 3.71. The fourth-order valence-electron chi connectivity index (χ4n) is 3.36. The Morgan fingerprint density at radius 1 is 1.20 bits per heavy atom. The first-order chi connectivity index (χ1) is 12.0. The number of hydrogen-bond donors (Lipinski definition) is 0. The lowest BCUT2D eigenvalue weighted by Gasteiger charge is -2.34. The second kappa shape index (κ2) is 7.58. The van der Waals surface area contributed by atoms with Crippen LogP contribution in [0, 0.1) is 5.82 Å². The molecule has 0 fully saturated rings. The second-order valence-electron chi connectivity index (χ2n) is 6.57. The van der Waals surface area contributed by atoms with Gasteiger partial charge in [-0.2, -0.15) is 0 Å². The molecule has 1 amide bonds. The highest BCUT2D eigenvalue weighted by Gasteiger charge is 2.30. The van der Waals surface area contributed by atoms with Gasteiger partial charge in [0.15, 0.2) is 0 Å². The van der Waals surface area contributed by atoms with Gasteiger partial charge in [0.1, 0.15) is 11.9 Å². The van der Waals surface area contributed by atoms with Crippen LogP contribution in [0.4, 0.5) is 4.39 Å². The van der Waals surface area contributed by atoms with Crippen molar-refractivity contribution in [1.29, 1.82) is 0 Å². The molecule has 0 radical (unpaired) electrons. The van der Waals surface area contributed by atoms with Crippen LogP contribution in [0.5, 0.6) is 0 Å². The maximum Gasteiger partial charge on any atom is 0.244 e. The minimum Gasteiger partial charge on any atom is -0.336 e. The first-order valence-corrected chi connectivity index (χ1v) is 9.58. The van der Waals surface area contributed by atoms with Crippen molar-refractivity contribution in [2.24, 2.45) is 0 Å². The van der Waals surface area contributed by atoms with E-state index in [1.807, 2.05) is 30.0 Å². The van der Waals surface area contributed by atoms with Crippen LogP contribution in [-0.4, -0.2) is 42.6 Å². The summed E-state index contributed by atoms with van der Waals surface area (Å²) in [5, 5.41) is 0. The zero-order valence-corrected chi connectivity index (χ0v) is 15.6. The van der Waals surface area contributed by atoms with Gasteiger partial charge < -0.3 is 4.90 Å². The van der Waals surface area contributed by atoms with Crippen molar-refractivity contribution >= 4 is 17.7 Å². The first-order valence-electron chi connectivity index (χ1n) is 8.36. The Balaban J connectivity index is 1.83. The fourth-order valence-corrected chi connectivity index (χ4v) is 3.82. The van der Waals surface area contributed by atoms with E-state index in [9.17, 15) is 9.18 Å². The molecule has 25 heavy (non-hydrogen) atoms. The van der Waals surface area contributed by atoms with E-state index in [4.69, 9.17) is 0 Å². The summed E-state index contributed by atoms with van der Waals surface area (Å²) in [6.45, 7) is 1.31. The third-order valence-corrected chi connectivity index (χ3v) is 5.38. The zero-order valence-electron chi connectivity index (χ0n) is 14.8. The normalized spacial score (nSPS) is 15.2. The molecule has 1 atom stereocenters. The van der Waals surface area contributed by atoms with Crippen LogP contribution >= 0.6 is 11.8 Å². The number of thioether (sulfide) groups is 1. The molecule has 0 aromatic heterocycles. The number of halogens is 1. The summed E-state index contributed by atoms with van der Waals surface area (Å²) < 4.78 is 13.6. The number of carbonyl (C=O) groups is 1. The van der Waals surface area contributed by atoms with Crippen molar-refractivity contribution in [3.05, 3.63) is 65.0 Å². The third-order valence-electron chi connectivity index (χ3n) is 4.65. The van der Waals surface area contributed by atoms with Gasteiger partial charge in [0.25, 0.3) is 0 Å². The van der Waals surface area contributed by atoms with Gasteiger partial charge >= 0.3 is 0 Å². The van der Waals surface area contributed by atoms with Gasteiger partial charge in [-0.3, -0.25) is 9.69 Å². The van der Waals surface area contributed by atoms with Gasteiger partial charge in [-0.15, -0.1) is 11.8 Å². The average Bonchev–Trinajstić information content (AvgIpc) is 2.60. The lowest BCUT2D eigenvalue weighted by molar-refractivity contribution is -0.137. The van der Waals surface area contributed by atoms with E-state index in [1.54, 1.807) is 17.8 Å². The summed E-state index contributed by atoms with van der Waals surface area (Å²) >= 11 is 1.73. The van der Waals surface area contributed by atoms with Crippen LogP contribution in [0.25, 0.3) is 0 Å². The molecule has 2 aromatic rings. The Hall–Kier alpha value is -1.85. The Morgan fingerprint density at radius 2 is 2.00 bits per heavy atom. The van der Waals surface area contributed by atoms with Crippen LogP contribution in [0.2, 0.25) is 0 Å². The molecule has 0 spiro atoms. The summed E-state index contributed by atoms with van der Waals surface area (Å²) in [4.78, 5) is 18.1. The molecule has 3 rings (SSSR count).